The van der Waals surface area contributed by atoms with Gasteiger partial charge in [-0.3, -0.25) is 19.7 Å². The highest BCUT2D eigenvalue weighted by atomic mass is 16.2. The summed E-state index contributed by atoms with van der Waals surface area (Å²) in [6.07, 6.45) is 0. The quantitative estimate of drug-likeness (QED) is 0.538. The first-order valence-electron chi connectivity index (χ1n) is 4.22. The number of carbonyl (C=O) groups excluding carboxylic acids is 3. The van der Waals surface area contributed by atoms with Gasteiger partial charge < -0.3 is 0 Å². The molecule has 0 aromatic rings. The molecule has 0 spiro atoms. The molecule has 14 heavy (non-hydrogen) atoms. The number of ketones is 1. The first-order valence-corrected chi connectivity index (χ1v) is 4.22. The van der Waals surface area contributed by atoms with E-state index in [2.05, 4.69) is 11.9 Å². The lowest BCUT2D eigenvalue weighted by Gasteiger charge is -2.19. The molecule has 0 rings (SSSR count). The van der Waals surface area contributed by atoms with Gasteiger partial charge in [0.25, 0.3) is 5.91 Å². The smallest absolute Gasteiger partial charge is 0.252 e. The van der Waals surface area contributed by atoms with Crippen LogP contribution in [0.1, 0.15) is 27.7 Å². The zero-order valence-corrected chi connectivity index (χ0v) is 8.93. The van der Waals surface area contributed by atoms with Crippen molar-refractivity contribution in [1.29, 1.82) is 0 Å². The van der Waals surface area contributed by atoms with Gasteiger partial charge in [0.15, 0.2) is 0 Å². The molecule has 0 saturated carbocycles. The summed E-state index contributed by atoms with van der Waals surface area (Å²) < 4.78 is 0. The fourth-order valence-corrected chi connectivity index (χ4v) is 0.526. The van der Waals surface area contributed by atoms with Gasteiger partial charge in [-0.15, -0.1) is 0 Å². The third-order valence-corrected chi connectivity index (χ3v) is 2.06. The summed E-state index contributed by atoms with van der Waals surface area (Å²) in [6.45, 7) is 9.12. The summed E-state index contributed by atoms with van der Waals surface area (Å²) in [5.74, 6) is -1.44. The maximum atomic E-state index is 11.4. The van der Waals surface area contributed by atoms with Crippen molar-refractivity contribution in [2.75, 3.05) is 0 Å². The Labute approximate surface area is 83.4 Å². The Hall–Kier alpha value is -1.45. The van der Waals surface area contributed by atoms with Crippen LogP contribution in [0.3, 0.4) is 0 Å². The third kappa shape index (κ3) is 2.80. The van der Waals surface area contributed by atoms with E-state index in [1.165, 1.54) is 27.7 Å². The molecule has 1 N–H and O–H groups in total. The highest BCUT2D eigenvalue weighted by Crippen LogP contribution is 2.16. The Morgan fingerprint density at radius 1 is 1.14 bits per heavy atom. The fraction of sp³-hybridized carbons (Fsp3) is 0.500. The molecule has 2 amide bonds. The molecular weight excluding hydrogens is 182 g/mol. The van der Waals surface area contributed by atoms with Gasteiger partial charge in [-0.05, 0) is 27.7 Å². The van der Waals surface area contributed by atoms with Gasteiger partial charge in [0, 0.05) is 5.57 Å². The molecule has 0 aliphatic carbocycles. The van der Waals surface area contributed by atoms with E-state index >= 15 is 0 Å². The zero-order chi connectivity index (χ0) is 11.5. The van der Waals surface area contributed by atoms with E-state index in [-0.39, 0.29) is 11.4 Å². The van der Waals surface area contributed by atoms with Gasteiger partial charge in [0.05, 0.1) is 0 Å². The van der Waals surface area contributed by atoms with Crippen LogP contribution >= 0.6 is 0 Å². The monoisotopic (exact) mass is 197 g/mol. The summed E-state index contributed by atoms with van der Waals surface area (Å²) >= 11 is 0. The molecule has 78 valence electrons. The average molecular weight is 197 g/mol. The molecule has 4 heteroatoms. The number of hydrogen-bond donors (Lipinski definition) is 1. The molecule has 0 atom stereocenters. The molecular formula is C10H15NO3. The van der Waals surface area contributed by atoms with Crippen LogP contribution in [0.25, 0.3) is 0 Å². The Morgan fingerprint density at radius 3 is 1.86 bits per heavy atom. The van der Waals surface area contributed by atoms with Crippen LogP contribution in [0.5, 0.6) is 0 Å². The van der Waals surface area contributed by atoms with Crippen molar-refractivity contribution in [3.05, 3.63) is 12.2 Å². The predicted octanol–water partition coefficient (Wildman–Crippen LogP) is 0.821. The van der Waals surface area contributed by atoms with Gasteiger partial charge in [-0.1, -0.05) is 6.58 Å². The Morgan fingerprint density at radius 2 is 1.57 bits per heavy atom. The van der Waals surface area contributed by atoms with Crippen molar-refractivity contribution < 1.29 is 14.4 Å². The fourth-order valence-electron chi connectivity index (χ4n) is 0.526. The lowest BCUT2D eigenvalue weighted by Crippen LogP contribution is -2.44. The van der Waals surface area contributed by atoms with Gasteiger partial charge in [0.1, 0.15) is 11.2 Å². The number of carbonyl (C=O) groups is 3. The van der Waals surface area contributed by atoms with Crippen LogP contribution in [0.4, 0.5) is 0 Å². The van der Waals surface area contributed by atoms with Crippen molar-refractivity contribution in [3.63, 3.8) is 0 Å². The molecule has 0 bridgehead atoms. The third-order valence-electron chi connectivity index (χ3n) is 2.06. The van der Waals surface area contributed by atoms with E-state index < -0.39 is 17.2 Å². The minimum atomic E-state index is -1.18. The van der Waals surface area contributed by atoms with Crippen molar-refractivity contribution >= 4 is 17.6 Å². The molecule has 0 radical (unpaired) electrons. The number of imide groups is 1. The molecule has 0 aromatic carbocycles. The number of Topliss-reactive ketones (excluding diaryl/α,β-unsaturated/α-hetero) is 1. The predicted molar refractivity (Wildman–Crippen MR) is 52.4 cm³/mol. The van der Waals surface area contributed by atoms with Crippen molar-refractivity contribution in [2.45, 2.75) is 27.7 Å². The lowest BCUT2D eigenvalue weighted by molar-refractivity contribution is -0.140. The van der Waals surface area contributed by atoms with Crippen LogP contribution in [0, 0.1) is 5.41 Å². The summed E-state index contributed by atoms with van der Waals surface area (Å²) in [6, 6.07) is 0. The lowest BCUT2D eigenvalue weighted by atomic mass is 9.88. The molecule has 0 aliphatic rings. The number of rotatable bonds is 3. The van der Waals surface area contributed by atoms with Crippen LogP contribution in [-0.2, 0) is 14.4 Å². The van der Waals surface area contributed by atoms with Crippen molar-refractivity contribution in [2.24, 2.45) is 5.41 Å². The van der Waals surface area contributed by atoms with E-state index in [1.54, 1.807) is 0 Å². The first kappa shape index (κ1) is 12.6. The SMILES string of the molecule is C=C(C)C(=O)NC(=O)C(C)(C)C(C)=O. The van der Waals surface area contributed by atoms with Crippen molar-refractivity contribution in [3.8, 4) is 0 Å². The van der Waals surface area contributed by atoms with Crippen LogP contribution < -0.4 is 5.32 Å². The molecule has 0 fully saturated rings. The van der Waals surface area contributed by atoms with Gasteiger partial charge in [-0.25, -0.2) is 0 Å². The minimum Gasteiger partial charge on any atom is -0.299 e. The van der Waals surface area contributed by atoms with Gasteiger partial charge in [0.2, 0.25) is 5.91 Å². The maximum absolute atomic E-state index is 11.4. The van der Waals surface area contributed by atoms with Gasteiger partial charge in [-0.2, -0.15) is 0 Å². The second-order valence-electron chi connectivity index (χ2n) is 3.74. The molecule has 0 saturated heterocycles. The Kier molecular flexibility index (Phi) is 3.74. The van der Waals surface area contributed by atoms with E-state index in [4.69, 9.17) is 0 Å². The molecule has 0 aliphatic heterocycles. The summed E-state index contributed by atoms with van der Waals surface area (Å²) in [5, 5.41) is 2.10. The highest BCUT2D eigenvalue weighted by molar-refractivity contribution is 6.12. The Bertz CT molecular complexity index is 302. The second-order valence-corrected chi connectivity index (χ2v) is 3.74. The normalized spacial score (nSPS) is 10.6. The van der Waals surface area contributed by atoms with Crippen LogP contribution in [0.15, 0.2) is 12.2 Å². The van der Waals surface area contributed by atoms with Crippen molar-refractivity contribution in [1.82, 2.24) is 5.32 Å². The summed E-state index contributed by atoms with van der Waals surface area (Å²) in [4.78, 5) is 33.6. The van der Waals surface area contributed by atoms with Crippen LogP contribution in [-0.4, -0.2) is 17.6 Å². The molecule has 0 aromatic heterocycles. The van der Waals surface area contributed by atoms with Crippen LogP contribution in [0.2, 0.25) is 0 Å². The number of nitrogens with one attached hydrogen (secondary N) is 1. The highest BCUT2D eigenvalue weighted by Gasteiger charge is 2.33. The largest absolute Gasteiger partial charge is 0.299 e. The second kappa shape index (κ2) is 4.17. The summed E-state index contributed by atoms with van der Waals surface area (Å²) in [7, 11) is 0. The van der Waals surface area contributed by atoms with E-state index in [9.17, 15) is 14.4 Å². The standard InChI is InChI=1S/C10H15NO3/c1-6(2)8(13)11-9(14)10(4,5)7(3)12/h1H2,2-5H3,(H,11,13,14). The van der Waals surface area contributed by atoms with Gasteiger partial charge >= 0.3 is 0 Å². The summed E-state index contributed by atoms with van der Waals surface area (Å²) in [5.41, 5.74) is -0.942. The first-order chi connectivity index (χ1) is 6.19. The van der Waals surface area contributed by atoms with E-state index in [1.807, 2.05) is 0 Å². The number of amides is 2. The molecule has 0 heterocycles. The average Bonchev–Trinajstić information content (AvgIpc) is 2.03. The molecule has 4 nitrogen and oxygen atoms in total. The minimum absolute atomic E-state index is 0.234. The number of hydrogen-bond acceptors (Lipinski definition) is 3. The topological polar surface area (TPSA) is 63.2 Å². The maximum Gasteiger partial charge on any atom is 0.252 e. The zero-order valence-electron chi connectivity index (χ0n) is 8.93. The van der Waals surface area contributed by atoms with E-state index in [0.29, 0.717) is 0 Å². The Balaban J connectivity index is 4.59. The van der Waals surface area contributed by atoms with E-state index in [0.717, 1.165) is 0 Å². The molecule has 0 unspecified atom stereocenters.